The first-order chi connectivity index (χ1) is 13.9. The minimum Gasteiger partial charge on any atom is -0.368 e. The molecule has 1 aliphatic carbocycles. The van der Waals surface area contributed by atoms with Crippen LogP contribution in [0.5, 0.6) is 0 Å². The molecule has 1 unspecified atom stereocenters. The van der Waals surface area contributed by atoms with Crippen LogP contribution in [0.4, 0.5) is 0 Å². The first-order valence-electron chi connectivity index (χ1n) is 10.9. The van der Waals surface area contributed by atoms with Gasteiger partial charge in [-0.2, -0.15) is 0 Å². The summed E-state index contributed by atoms with van der Waals surface area (Å²) in [7, 11) is 0. The van der Waals surface area contributed by atoms with E-state index in [-0.39, 0.29) is 53.2 Å². The van der Waals surface area contributed by atoms with E-state index < -0.39 is 24.0 Å². The van der Waals surface area contributed by atoms with Crippen LogP contribution in [-0.2, 0) is 19.2 Å². The second kappa shape index (κ2) is 8.17. The number of nitrogens with two attached hydrogens (primary N) is 2. The van der Waals surface area contributed by atoms with E-state index in [0.29, 0.717) is 25.9 Å². The third kappa shape index (κ3) is 4.17. The molecule has 0 bridgehead atoms. The fraction of sp³-hybridized carbons (Fsp3) is 0.810. The average Bonchev–Trinajstić information content (AvgIpc) is 3.01. The maximum absolute atomic E-state index is 13.2. The number of nitrogens with zero attached hydrogens (tertiary/aromatic N) is 1. The van der Waals surface area contributed by atoms with Gasteiger partial charge in [-0.15, -0.1) is 0 Å². The van der Waals surface area contributed by atoms with Gasteiger partial charge in [0.25, 0.3) is 0 Å². The average molecular weight is 422 g/mol. The van der Waals surface area contributed by atoms with Gasteiger partial charge in [-0.1, -0.05) is 27.7 Å². The number of fused-ring (bicyclic) bond motifs is 1. The highest BCUT2D eigenvalue weighted by Gasteiger charge is 2.69. The van der Waals surface area contributed by atoms with E-state index in [1.807, 2.05) is 13.8 Å². The Morgan fingerprint density at radius 2 is 1.97 bits per heavy atom. The van der Waals surface area contributed by atoms with Crippen molar-refractivity contribution in [2.75, 3.05) is 13.1 Å². The summed E-state index contributed by atoms with van der Waals surface area (Å²) in [6.07, 6.45) is 1.31. The number of nitrogens with one attached hydrogen (secondary N) is 2. The lowest BCUT2D eigenvalue weighted by atomic mass is 9.96. The molecular weight excluding hydrogens is 386 g/mol. The highest BCUT2D eigenvalue weighted by molar-refractivity contribution is 5.94. The maximum Gasteiger partial charge on any atom is 0.243 e. The lowest BCUT2D eigenvalue weighted by molar-refractivity contribution is -0.142. The summed E-state index contributed by atoms with van der Waals surface area (Å²) in [5, 5.41) is 5.46. The fourth-order valence-electron chi connectivity index (χ4n) is 5.29. The number of primary amides is 1. The quantitative estimate of drug-likeness (QED) is 0.411. The fourth-order valence-corrected chi connectivity index (χ4v) is 5.29. The second-order valence-electron chi connectivity index (χ2n) is 10.1. The molecule has 0 aromatic rings. The van der Waals surface area contributed by atoms with Crippen molar-refractivity contribution in [1.29, 1.82) is 0 Å². The van der Waals surface area contributed by atoms with Gasteiger partial charge in [-0.3, -0.25) is 19.2 Å². The van der Waals surface area contributed by atoms with Crippen molar-refractivity contribution in [3.05, 3.63) is 0 Å². The SMILES string of the molecule is CC(C)C[C@H](N)C(=O)N1C[C@H]2C([C@H]1C(=O)N[C@@H](C[C@@H]1CCNC1=O)C(N)=O)C2(C)C. The highest BCUT2D eigenvalue weighted by Crippen LogP contribution is 2.64. The third-order valence-electron chi connectivity index (χ3n) is 7.15. The molecule has 6 N–H and O–H groups in total. The van der Waals surface area contributed by atoms with E-state index in [4.69, 9.17) is 11.5 Å². The second-order valence-corrected chi connectivity index (χ2v) is 10.1. The van der Waals surface area contributed by atoms with Crippen molar-refractivity contribution in [2.24, 2.45) is 40.6 Å². The van der Waals surface area contributed by atoms with Crippen molar-refractivity contribution < 1.29 is 19.2 Å². The topological polar surface area (TPSA) is 148 Å². The molecule has 6 atom stereocenters. The van der Waals surface area contributed by atoms with Gasteiger partial charge in [0, 0.05) is 19.0 Å². The summed E-state index contributed by atoms with van der Waals surface area (Å²) >= 11 is 0. The van der Waals surface area contributed by atoms with Crippen LogP contribution < -0.4 is 22.1 Å². The standard InChI is InChI=1S/C21H35N5O4/c1-10(2)7-13(22)20(30)26-9-12-15(21(12,3)4)16(26)19(29)25-14(17(23)27)8-11-5-6-24-18(11)28/h10-16H,5-9,22H2,1-4H3,(H2,23,27)(H,24,28)(H,25,29)/t11-,12-,13-,14-,15?,16-/m0/s1. The Balaban J connectivity index is 1.73. The molecule has 0 aromatic carbocycles. The van der Waals surface area contributed by atoms with Crippen LogP contribution in [0.1, 0.15) is 47.0 Å². The van der Waals surface area contributed by atoms with Gasteiger partial charge in [0.05, 0.1) is 6.04 Å². The van der Waals surface area contributed by atoms with Crippen molar-refractivity contribution in [3.8, 4) is 0 Å². The molecule has 4 amide bonds. The normalized spacial score (nSPS) is 31.1. The number of carbonyl (C=O) groups excluding carboxylic acids is 4. The Bertz CT molecular complexity index is 737. The molecule has 0 spiro atoms. The zero-order valence-corrected chi connectivity index (χ0v) is 18.3. The molecule has 1 saturated carbocycles. The smallest absolute Gasteiger partial charge is 0.243 e. The number of hydrogen-bond donors (Lipinski definition) is 4. The molecule has 168 valence electrons. The number of piperidine rings is 1. The van der Waals surface area contributed by atoms with Gasteiger partial charge in [-0.05, 0) is 42.4 Å². The molecule has 9 heteroatoms. The molecular formula is C21H35N5O4. The zero-order valence-electron chi connectivity index (χ0n) is 18.3. The molecule has 2 heterocycles. The number of amides is 4. The van der Waals surface area contributed by atoms with Gasteiger partial charge < -0.3 is 27.0 Å². The van der Waals surface area contributed by atoms with E-state index in [9.17, 15) is 19.2 Å². The summed E-state index contributed by atoms with van der Waals surface area (Å²) in [5.41, 5.74) is 11.6. The van der Waals surface area contributed by atoms with Crippen LogP contribution in [0, 0.1) is 29.1 Å². The third-order valence-corrected chi connectivity index (χ3v) is 7.15. The van der Waals surface area contributed by atoms with Crippen molar-refractivity contribution in [1.82, 2.24) is 15.5 Å². The Kier molecular flexibility index (Phi) is 6.13. The Labute approximate surface area is 177 Å². The molecule has 3 aliphatic rings. The molecule has 9 nitrogen and oxygen atoms in total. The summed E-state index contributed by atoms with van der Waals surface area (Å²) in [6.45, 7) is 9.23. The lowest BCUT2D eigenvalue weighted by Gasteiger charge is -2.33. The molecule has 3 fully saturated rings. The Morgan fingerprint density at radius 3 is 2.50 bits per heavy atom. The molecule has 0 aromatic heterocycles. The maximum atomic E-state index is 13.2. The van der Waals surface area contributed by atoms with Crippen LogP contribution in [0.2, 0.25) is 0 Å². The number of rotatable bonds is 8. The number of carbonyl (C=O) groups is 4. The predicted molar refractivity (Wildman–Crippen MR) is 111 cm³/mol. The van der Waals surface area contributed by atoms with Crippen molar-refractivity contribution in [2.45, 2.75) is 65.1 Å². The molecule has 2 aliphatic heterocycles. The van der Waals surface area contributed by atoms with Gasteiger partial charge in [0.1, 0.15) is 12.1 Å². The highest BCUT2D eigenvalue weighted by atomic mass is 16.2. The summed E-state index contributed by atoms with van der Waals surface area (Å²) < 4.78 is 0. The van der Waals surface area contributed by atoms with E-state index >= 15 is 0 Å². The van der Waals surface area contributed by atoms with Crippen molar-refractivity contribution >= 4 is 23.6 Å². The van der Waals surface area contributed by atoms with Gasteiger partial charge in [-0.25, -0.2) is 0 Å². The first-order valence-corrected chi connectivity index (χ1v) is 10.9. The minimum atomic E-state index is -0.950. The van der Waals surface area contributed by atoms with E-state index in [1.54, 1.807) is 4.90 Å². The van der Waals surface area contributed by atoms with Crippen LogP contribution in [-0.4, -0.2) is 59.7 Å². The van der Waals surface area contributed by atoms with Crippen molar-refractivity contribution in [3.63, 3.8) is 0 Å². The first kappa shape index (κ1) is 22.5. The van der Waals surface area contributed by atoms with E-state index in [0.717, 1.165) is 0 Å². The Hall–Kier alpha value is -2.16. The summed E-state index contributed by atoms with van der Waals surface area (Å²) in [5.74, 6) is -1.25. The molecule has 3 rings (SSSR count). The summed E-state index contributed by atoms with van der Waals surface area (Å²) in [6, 6.07) is -2.28. The molecule has 0 radical (unpaired) electrons. The van der Waals surface area contributed by atoms with Crippen LogP contribution >= 0.6 is 0 Å². The zero-order chi connectivity index (χ0) is 22.4. The van der Waals surface area contributed by atoms with E-state index in [2.05, 4.69) is 24.5 Å². The van der Waals surface area contributed by atoms with Gasteiger partial charge >= 0.3 is 0 Å². The van der Waals surface area contributed by atoms with E-state index in [1.165, 1.54) is 0 Å². The minimum absolute atomic E-state index is 0.0241. The molecule has 30 heavy (non-hydrogen) atoms. The monoisotopic (exact) mass is 421 g/mol. The molecule has 2 saturated heterocycles. The van der Waals surface area contributed by atoms with Crippen LogP contribution in [0.3, 0.4) is 0 Å². The Morgan fingerprint density at radius 1 is 1.30 bits per heavy atom. The van der Waals surface area contributed by atoms with Gasteiger partial charge in [0.15, 0.2) is 0 Å². The van der Waals surface area contributed by atoms with Crippen LogP contribution in [0.25, 0.3) is 0 Å². The van der Waals surface area contributed by atoms with Gasteiger partial charge in [0.2, 0.25) is 23.6 Å². The predicted octanol–water partition coefficient (Wildman–Crippen LogP) is -0.661. The largest absolute Gasteiger partial charge is 0.368 e. The number of likely N-dealkylation sites (tertiary alicyclic amines) is 1. The summed E-state index contributed by atoms with van der Waals surface area (Å²) in [4.78, 5) is 51.7. The van der Waals surface area contributed by atoms with Crippen LogP contribution in [0.15, 0.2) is 0 Å². The lowest BCUT2D eigenvalue weighted by Crippen LogP contribution is -2.57. The number of hydrogen-bond acceptors (Lipinski definition) is 5.